The molecule has 150 valence electrons. The molecule has 3 N–H and O–H groups in total. The summed E-state index contributed by atoms with van der Waals surface area (Å²) in [5.41, 5.74) is 8.91. The molecule has 1 aliphatic rings. The van der Waals surface area contributed by atoms with Crippen molar-refractivity contribution in [1.29, 1.82) is 5.26 Å². The molecule has 3 rings (SSSR count). The Labute approximate surface area is 169 Å². The first-order valence-electron chi connectivity index (χ1n) is 9.50. The van der Waals surface area contributed by atoms with Gasteiger partial charge in [-0.1, -0.05) is 0 Å². The van der Waals surface area contributed by atoms with Crippen molar-refractivity contribution in [2.24, 2.45) is 5.73 Å². The van der Waals surface area contributed by atoms with Gasteiger partial charge < -0.3 is 20.4 Å². The molecule has 1 aromatic carbocycles. The molecule has 0 saturated carbocycles. The highest BCUT2D eigenvalue weighted by Gasteiger charge is 2.19. The number of benzene rings is 1. The minimum Gasteiger partial charge on any atom is -0.376 e. The van der Waals surface area contributed by atoms with E-state index in [1.54, 1.807) is 18.2 Å². The second kappa shape index (κ2) is 8.76. The number of nitrogens with zero attached hydrogens (tertiary/aromatic N) is 2. The lowest BCUT2D eigenvalue weighted by Crippen LogP contribution is -2.17. The first-order chi connectivity index (χ1) is 13.9. The van der Waals surface area contributed by atoms with Crippen molar-refractivity contribution in [3.05, 3.63) is 58.4 Å². The first kappa shape index (κ1) is 20.4. The minimum absolute atomic E-state index is 0.00124. The van der Waals surface area contributed by atoms with Gasteiger partial charge >= 0.3 is 0 Å². The fraction of sp³-hybridized carbons (Fsp3) is 0.318. The van der Waals surface area contributed by atoms with E-state index in [4.69, 9.17) is 10.5 Å². The zero-order valence-corrected chi connectivity index (χ0v) is 16.6. The van der Waals surface area contributed by atoms with Crippen LogP contribution in [-0.4, -0.2) is 29.1 Å². The van der Waals surface area contributed by atoms with E-state index in [0.717, 1.165) is 42.9 Å². The molecule has 0 bridgehead atoms. The maximum Gasteiger partial charge on any atom is 0.266 e. The van der Waals surface area contributed by atoms with Crippen LogP contribution in [0.5, 0.6) is 0 Å². The fourth-order valence-corrected chi connectivity index (χ4v) is 3.47. The van der Waals surface area contributed by atoms with Crippen molar-refractivity contribution >= 4 is 23.6 Å². The normalized spacial score (nSPS) is 16.4. The molecule has 1 aromatic heterocycles. The van der Waals surface area contributed by atoms with Crippen LogP contribution in [0, 0.1) is 25.2 Å². The van der Waals surface area contributed by atoms with Crippen molar-refractivity contribution < 1.29 is 14.3 Å². The van der Waals surface area contributed by atoms with Crippen molar-refractivity contribution in [3.63, 3.8) is 0 Å². The molecule has 0 unspecified atom stereocenters. The molecule has 2 amide bonds. The Balaban J connectivity index is 1.77. The highest BCUT2D eigenvalue weighted by molar-refractivity contribution is 6.09. The summed E-state index contributed by atoms with van der Waals surface area (Å²) < 4.78 is 7.89. The number of carbonyl (C=O) groups is 2. The molecule has 29 heavy (non-hydrogen) atoms. The Hall–Kier alpha value is -3.37. The summed E-state index contributed by atoms with van der Waals surface area (Å²) in [4.78, 5) is 23.7. The van der Waals surface area contributed by atoms with Crippen LogP contribution >= 0.6 is 0 Å². The van der Waals surface area contributed by atoms with Gasteiger partial charge in [-0.2, -0.15) is 5.26 Å². The smallest absolute Gasteiger partial charge is 0.266 e. The molecular weight excluding hydrogens is 368 g/mol. The third kappa shape index (κ3) is 4.73. The number of amides is 2. The molecule has 0 aliphatic carbocycles. The van der Waals surface area contributed by atoms with Gasteiger partial charge in [-0.15, -0.1) is 0 Å². The largest absolute Gasteiger partial charge is 0.376 e. The molecule has 0 spiro atoms. The van der Waals surface area contributed by atoms with Crippen LogP contribution in [0.2, 0.25) is 0 Å². The fourth-order valence-electron chi connectivity index (χ4n) is 3.47. The number of carbonyl (C=O) groups excluding carboxylic acids is 2. The summed E-state index contributed by atoms with van der Waals surface area (Å²) in [6.45, 7) is 5.55. The predicted octanol–water partition coefficient (Wildman–Crippen LogP) is 2.93. The molecule has 1 atom stereocenters. The van der Waals surface area contributed by atoms with E-state index in [9.17, 15) is 14.9 Å². The minimum atomic E-state index is -0.543. The number of nitrogens with one attached hydrogen (secondary N) is 1. The summed E-state index contributed by atoms with van der Waals surface area (Å²) in [7, 11) is 0. The summed E-state index contributed by atoms with van der Waals surface area (Å²) >= 11 is 0. The van der Waals surface area contributed by atoms with Gasteiger partial charge in [0, 0.05) is 35.8 Å². The Bertz CT molecular complexity index is 990. The van der Waals surface area contributed by atoms with Crippen LogP contribution in [0.4, 0.5) is 5.69 Å². The highest BCUT2D eigenvalue weighted by atomic mass is 16.5. The Morgan fingerprint density at radius 3 is 2.66 bits per heavy atom. The second-order valence-corrected chi connectivity index (χ2v) is 7.14. The maximum absolute atomic E-state index is 12.5. The van der Waals surface area contributed by atoms with Crippen molar-refractivity contribution in [2.45, 2.75) is 39.3 Å². The SMILES string of the molecule is Cc1cc(/C=C(\C#N)C(=O)Nc2ccc(C(N)=O)cc2)c(C)n1C[C@H]1CCCO1. The van der Waals surface area contributed by atoms with E-state index < -0.39 is 11.8 Å². The summed E-state index contributed by atoms with van der Waals surface area (Å²) in [5, 5.41) is 12.2. The lowest BCUT2D eigenvalue weighted by Gasteiger charge is -2.14. The Morgan fingerprint density at radius 1 is 1.34 bits per heavy atom. The Kier molecular flexibility index (Phi) is 6.15. The van der Waals surface area contributed by atoms with Gasteiger partial charge in [0.15, 0.2) is 0 Å². The van der Waals surface area contributed by atoms with Crippen LogP contribution in [0.15, 0.2) is 35.9 Å². The number of anilines is 1. The van der Waals surface area contributed by atoms with E-state index in [1.807, 2.05) is 26.0 Å². The number of aryl methyl sites for hydroxylation is 1. The first-order valence-corrected chi connectivity index (χ1v) is 9.50. The lowest BCUT2D eigenvalue weighted by molar-refractivity contribution is -0.112. The molecule has 1 fully saturated rings. The topological polar surface area (TPSA) is 110 Å². The van der Waals surface area contributed by atoms with Crippen LogP contribution < -0.4 is 11.1 Å². The monoisotopic (exact) mass is 392 g/mol. The van der Waals surface area contributed by atoms with E-state index in [-0.39, 0.29) is 11.7 Å². The van der Waals surface area contributed by atoms with Crippen LogP contribution in [0.3, 0.4) is 0 Å². The molecule has 7 nitrogen and oxygen atoms in total. The molecule has 2 aromatic rings. The molecular formula is C22H24N4O3. The third-order valence-corrected chi connectivity index (χ3v) is 5.12. The molecule has 1 aliphatic heterocycles. The number of rotatable bonds is 6. The number of nitrogens with two attached hydrogens (primary N) is 1. The zero-order chi connectivity index (χ0) is 21.0. The molecule has 1 saturated heterocycles. The number of hydrogen-bond donors (Lipinski definition) is 2. The summed E-state index contributed by atoms with van der Waals surface area (Å²) in [5.74, 6) is -1.05. The standard InChI is InChI=1S/C22H24N4O3/c1-14-10-17(15(2)26(14)13-20-4-3-9-29-20)11-18(12-23)22(28)25-19-7-5-16(6-8-19)21(24)27/h5-8,10-11,20H,3-4,9,13H2,1-2H3,(H2,24,27)(H,25,28)/b18-11+/t20-/m1/s1. The summed E-state index contributed by atoms with van der Waals surface area (Å²) in [6, 6.07) is 10.1. The molecule has 7 heteroatoms. The maximum atomic E-state index is 12.5. The quantitative estimate of drug-likeness (QED) is 0.582. The van der Waals surface area contributed by atoms with Crippen LogP contribution in [0.25, 0.3) is 6.08 Å². The van der Waals surface area contributed by atoms with Gasteiger partial charge in [-0.05, 0) is 68.7 Å². The van der Waals surface area contributed by atoms with E-state index in [1.165, 1.54) is 12.1 Å². The van der Waals surface area contributed by atoms with E-state index in [0.29, 0.717) is 11.3 Å². The van der Waals surface area contributed by atoms with Crippen molar-refractivity contribution in [3.8, 4) is 6.07 Å². The average molecular weight is 392 g/mol. The van der Waals surface area contributed by atoms with Crippen LogP contribution in [-0.2, 0) is 16.1 Å². The van der Waals surface area contributed by atoms with Crippen molar-refractivity contribution in [1.82, 2.24) is 4.57 Å². The summed E-state index contributed by atoms with van der Waals surface area (Å²) in [6.07, 6.45) is 3.93. The number of nitriles is 1. The number of ether oxygens (including phenoxy) is 1. The highest BCUT2D eigenvalue weighted by Crippen LogP contribution is 2.22. The number of aromatic nitrogens is 1. The predicted molar refractivity (Wildman–Crippen MR) is 110 cm³/mol. The molecule has 2 heterocycles. The molecule has 0 radical (unpaired) electrons. The average Bonchev–Trinajstić information content (AvgIpc) is 3.30. The van der Waals surface area contributed by atoms with E-state index in [2.05, 4.69) is 9.88 Å². The lowest BCUT2D eigenvalue weighted by atomic mass is 10.1. The second-order valence-electron chi connectivity index (χ2n) is 7.14. The third-order valence-electron chi connectivity index (χ3n) is 5.12. The van der Waals surface area contributed by atoms with Crippen molar-refractivity contribution in [2.75, 3.05) is 11.9 Å². The number of hydrogen-bond acceptors (Lipinski definition) is 4. The van der Waals surface area contributed by atoms with Gasteiger partial charge in [0.25, 0.3) is 5.91 Å². The van der Waals surface area contributed by atoms with Gasteiger partial charge in [-0.3, -0.25) is 9.59 Å². The van der Waals surface area contributed by atoms with Gasteiger partial charge in [0.1, 0.15) is 11.6 Å². The van der Waals surface area contributed by atoms with Gasteiger partial charge in [0.05, 0.1) is 6.10 Å². The Morgan fingerprint density at radius 2 is 2.07 bits per heavy atom. The zero-order valence-electron chi connectivity index (χ0n) is 16.6. The van der Waals surface area contributed by atoms with E-state index >= 15 is 0 Å². The number of primary amides is 1. The van der Waals surface area contributed by atoms with Gasteiger partial charge in [-0.25, -0.2) is 0 Å². The van der Waals surface area contributed by atoms with Gasteiger partial charge in [0.2, 0.25) is 5.91 Å². The van der Waals surface area contributed by atoms with Crippen LogP contribution in [0.1, 0.15) is 40.2 Å².